The highest BCUT2D eigenvalue weighted by molar-refractivity contribution is 14.1. The second kappa shape index (κ2) is 7.64. The summed E-state index contributed by atoms with van der Waals surface area (Å²) in [6, 6.07) is 9.57. The standard InChI is InChI=1S/C15H14I3NO2.2H2/c1-8(19)4-9-5-12(17)15(13(18)6-9)21-10-2-3-14(20)11(16)7-10;;/h2-3,5-8,20H,4,19H2,1H3;2*1H/i;1+2T;1+2. The van der Waals surface area contributed by atoms with Crippen LogP contribution in [0.2, 0.25) is 0 Å². The largest absolute Gasteiger partial charge is 0.507 e. The average molecular weight is 631 g/mol. The van der Waals surface area contributed by atoms with Crippen molar-refractivity contribution in [1.82, 2.24) is 0 Å². The summed E-state index contributed by atoms with van der Waals surface area (Å²) in [5.41, 5.74) is 7.07. The number of benzene rings is 2. The van der Waals surface area contributed by atoms with E-state index in [0.29, 0.717) is 5.75 Å². The van der Waals surface area contributed by atoms with Crippen LogP contribution >= 0.6 is 67.8 Å². The van der Waals surface area contributed by atoms with Crippen molar-refractivity contribution in [2.45, 2.75) is 19.4 Å². The Morgan fingerprint density at radius 3 is 2.33 bits per heavy atom. The normalized spacial score (nSPS) is 12.6. The zero-order valence-corrected chi connectivity index (χ0v) is 17.7. The molecule has 0 aliphatic rings. The SMILES string of the molecule is CC(N)Cc1cc(I)c(Oc2ccc(O)c(I)c2)c(I)c1.[3HH].[3H][3H]. The lowest BCUT2D eigenvalue weighted by Crippen LogP contribution is -2.17. The van der Waals surface area contributed by atoms with Crippen molar-refractivity contribution in [3.05, 3.63) is 46.6 Å². The van der Waals surface area contributed by atoms with Crippen molar-refractivity contribution in [3.63, 3.8) is 0 Å². The molecule has 0 aliphatic heterocycles. The molecule has 0 radical (unpaired) electrons. The van der Waals surface area contributed by atoms with Crippen molar-refractivity contribution in [1.29, 1.82) is 0 Å². The van der Waals surface area contributed by atoms with Gasteiger partial charge in [0.2, 0.25) is 0 Å². The van der Waals surface area contributed by atoms with Gasteiger partial charge in [-0.1, -0.05) is 0 Å². The highest BCUT2D eigenvalue weighted by Crippen LogP contribution is 2.34. The van der Waals surface area contributed by atoms with Gasteiger partial charge in [0.15, 0.2) is 5.75 Å². The van der Waals surface area contributed by atoms with Crippen molar-refractivity contribution in [3.8, 4) is 17.2 Å². The average Bonchev–Trinajstić information content (AvgIpc) is 2.48. The summed E-state index contributed by atoms with van der Waals surface area (Å²) in [5, 5.41) is 9.56. The Balaban J connectivity index is 0.00000170. The molecule has 2 aromatic carbocycles. The summed E-state index contributed by atoms with van der Waals surface area (Å²) in [4.78, 5) is 0. The molecule has 6 heteroatoms. The number of aromatic hydroxyl groups is 1. The molecule has 0 fully saturated rings. The molecular weight excluding hydrogens is 607 g/mol. The number of nitrogens with two attached hydrogens (primary N) is 1. The van der Waals surface area contributed by atoms with Crippen LogP contribution in [0.5, 0.6) is 17.2 Å². The molecule has 116 valence electrons. The van der Waals surface area contributed by atoms with E-state index in [1.807, 2.05) is 13.0 Å². The molecule has 0 bridgehead atoms. The molecule has 0 saturated carbocycles. The maximum absolute atomic E-state index is 9.56. The molecule has 3 nitrogen and oxygen atoms in total. The molecule has 21 heavy (non-hydrogen) atoms. The number of phenols is 1. The Kier molecular flexibility index (Phi) is 5.85. The van der Waals surface area contributed by atoms with Crippen molar-refractivity contribution >= 4 is 67.8 Å². The minimum absolute atomic E-state index is 0. The lowest BCUT2D eigenvalue weighted by atomic mass is 10.1. The van der Waals surface area contributed by atoms with Crippen LogP contribution in [0.3, 0.4) is 0 Å². The first kappa shape index (κ1) is 16.1. The maximum atomic E-state index is 9.56. The number of hydrogen-bond acceptors (Lipinski definition) is 3. The quantitative estimate of drug-likeness (QED) is 0.446. The number of phenolic OH excluding ortho intramolecular Hbond substituents is 1. The van der Waals surface area contributed by atoms with Gasteiger partial charge in [-0.2, -0.15) is 0 Å². The van der Waals surface area contributed by atoms with Gasteiger partial charge in [-0.15, -0.1) is 0 Å². The third-order valence-corrected chi connectivity index (χ3v) is 5.22. The number of ether oxygens (including phenoxy) is 1. The van der Waals surface area contributed by atoms with E-state index in [4.69, 9.17) is 13.4 Å². The molecule has 0 heterocycles. The van der Waals surface area contributed by atoms with Crippen LogP contribution in [-0.4, -0.2) is 11.1 Å². The first-order chi connectivity index (χ1) is 10.9. The Morgan fingerprint density at radius 1 is 1.19 bits per heavy atom. The first-order valence-corrected chi connectivity index (χ1v) is 9.50. The highest BCUT2D eigenvalue weighted by Gasteiger charge is 2.12. The molecular formula is C15H18I3NO2. The van der Waals surface area contributed by atoms with Crippen LogP contribution in [0.1, 0.15) is 16.9 Å². The Morgan fingerprint density at radius 2 is 1.81 bits per heavy atom. The van der Waals surface area contributed by atoms with E-state index >= 15 is 0 Å². The maximum Gasteiger partial charge on any atom is 0.154 e. The van der Waals surface area contributed by atoms with Crippen LogP contribution in [0.25, 0.3) is 0 Å². The van der Waals surface area contributed by atoms with Gasteiger partial charge in [-0.25, -0.2) is 0 Å². The molecule has 0 amide bonds. The fourth-order valence-corrected chi connectivity index (χ4v) is 4.47. The smallest absolute Gasteiger partial charge is 0.154 e. The molecule has 0 spiro atoms. The molecule has 0 saturated heterocycles. The van der Waals surface area contributed by atoms with E-state index < -0.39 is 0 Å². The molecule has 0 aromatic heterocycles. The lowest BCUT2D eigenvalue weighted by Gasteiger charge is -2.13. The van der Waals surface area contributed by atoms with E-state index in [9.17, 15) is 5.11 Å². The van der Waals surface area contributed by atoms with Crippen LogP contribution in [-0.2, 0) is 6.42 Å². The topological polar surface area (TPSA) is 55.5 Å². The van der Waals surface area contributed by atoms with E-state index in [0.717, 1.165) is 22.9 Å². The summed E-state index contributed by atoms with van der Waals surface area (Å²) in [7, 11) is 0. The zero-order valence-electron chi connectivity index (χ0n) is 13.2. The van der Waals surface area contributed by atoms with Gasteiger partial charge in [-0.3, -0.25) is 0 Å². The molecule has 2 rings (SSSR count). The Labute approximate surface area is 169 Å². The predicted molar refractivity (Wildman–Crippen MR) is 114 cm³/mol. The summed E-state index contributed by atoms with van der Waals surface area (Å²) in [6.45, 7) is 2.00. The van der Waals surface area contributed by atoms with E-state index in [1.54, 1.807) is 12.1 Å². The van der Waals surface area contributed by atoms with Crippen LogP contribution in [0, 0.1) is 10.7 Å². The van der Waals surface area contributed by atoms with Gasteiger partial charge in [0.05, 0.1) is 10.7 Å². The second-order valence-corrected chi connectivity index (χ2v) is 8.27. The minimum Gasteiger partial charge on any atom is -0.507 e. The fraction of sp³-hybridized carbons (Fsp3) is 0.200. The van der Waals surface area contributed by atoms with Crippen LogP contribution < -0.4 is 10.5 Å². The summed E-state index contributed by atoms with van der Waals surface area (Å²) < 4.78 is 18.8. The summed E-state index contributed by atoms with van der Waals surface area (Å²) in [6.07, 6.45) is 0.851. The number of halogens is 3. The van der Waals surface area contributed by atoms with Gasteiger partial charge < -0.3 is 15.6 Å². The third-order valence-electron chi connectivity index (χ3n) is 2.75. The van der Waals surface area contributed by atoms with Gasteiger partial charge in [0.25, 0.3) is 0 Å². The zero-order chi connectivity index (χ0) is 17.6. The van der Waals surface area contributed by atoms with Gasteiger partial charge >= 0.3 is 0 Å². The van der Waals surface area contributed by atoms with Crippen molar-refractivity contribution in [2.75, 3.05) is 0 Å². The summed E-state index contributed by atoms with van der Waals surface area (Å²) in [5.74, 6) is 1.82. The first-order valence-electron chi connectivity index (χ1n) is 7.26. The Bertz CT molecular complexity index is 649. The van der Waals surface area contributed by atoms with E-state index in [2.05, 4.69) is 79.9 Å². The summed E-state index contributed by atoms with van der Waals surface area (Å²) >= 11 is 6.64. The van der Waals surface area contributed by atoms with Gasteiger partial charge in [0.1, 0.15) is 11.5 Å². The molecule has 2 aromatic rings. The van der Waals surface area contributed by atoms with Gasteiger partial charge in [-0.05, 0) is 117 Å². The molecule has 1 atom stereocenters. The fourth-order valence-electron chi connectivity index (χ4n) is 1.87. The monoisotopic (exact) mass is 631 g/mol. The Hall–Kier alpha value is 0.190. The van der Waals surface area contributed by atoms with Gasteiger partial charge in [0, 0.05) is 10.4 Å². The molecule has 3 N–H and O–H groups in total. The minimum atomic E-state index is 0. The highest BCUT2D eigenvalue weighted by atomic mass is 127. The predicted octanol–water partition coefficient (Wildman–Crippen LogP) is 5.38. The lowest BCUT2D eigenvalue weighted by molar-refractivity contribution is 0.458. The number of hydrogen-bond donors (Lipinski definition) is 2. The van der Waals surface area contributed by atoms with E-state index in [-0.39, 0.29) is 13.2 Å². The van der Waals surface area contributed by atoms with E-state index in [1.165, 1.54) is 5.56 Å². The number of rotatable bonds is 4. The molecule has 1 unspecified atom stereocenters. The van der Waals surface area contributed by atoms with Crippen LogP contribution in [0.4, 0.5) is 0 Å². The second-order valence-electron chi connectivity index (χ2n) is 4.79. The molecule has 0 aliphatic carbocycles. The van der Waals surface area contributed by atoms with Crippen molar-refractivity contribution < 1.29 is 14.2 Å². The van der Waals surface area contributed by atoms with Crippen LogP contribution in [0.15, 0.2) is 30.3 Å². The third kappa shape index (κ3) is 4.83. The van der Waals surface area contributed by atoms with Crippen molar-refractivity contribution in [2.24, 2.45) is 5.73 Å².